The number of hydrogen-bond acceptors (Lipinski definition) is 3. The average Bonchev–Trinajstić information content (AvgIpc) is 2.06. The molecule has 0 heterocycles. The van der Waals surface area contributed by atoms with Gasteiger partial charge in [0.2, 0.25) is 6.41 Å². The fourth-order valence-electron chi connectivity index (χ4n) is 0.725. The van der Waals surface area contributed by atoms with Gasteiger partial charge in [0.25, 0.3) is 0 Å². The largest absolute Gasteiger partial charge is 0.385 e. The number of ether oxygens (including phenoxy) is 1. The highest BCUT2D eigenvalue weighted by molar-refractivity contribution is 5.42. The van der Waals surface area contributed by atoms with Gasteiger partial charge in [0.1, 0.15) is 0 Å². The first kappa shape index (κ1) is 13.9. The first-order chi connectivity index (χ1) is 5.83. The maximum absolute atomic E-state index is 8.58. The highest BCUT2D eigenvalue weighted by Crippen LogP contribution is 1.92. The zero-order valence-corrected chi connectivity index (χ0v) is 8.01. The van der Waals surface area contributed by atoms with Crippen molar-refractivity contribution in [2.24, 2.45) is 5.73 Å². The molecule has 0 aliphatic carbocycles. The lowest BCUT2D eigenvalue weighted by Gasteiger charge is -1.98. The van der Waals surface area contributed by atoms with Crippen molar-refractivity contribution in [2.45, 2.75) is 19.3 Å². The minimum absolute atomic E-state index is 0.250. The minimum Gasteiger partial charge on any atom is -0.385 e. The smallest absolute Gasteiger partial charge is 0.204 e. The molecule has 0 radical (unpaired) electrons. The van der Waals surface area contributed by atoms with Gasteiger partial charge in [-0.15, -0.1) is 0 Å². The molecule has 0 aromatic heterocycles. The molecule has 3 N–H and O–H groups in total. The van der Waals surface area contributed by atoms with Gasteiger partial charge in [-0.3, -0.25) is 4.79 Å². The molecule has 12 heavy (non-hydrogen) atoms. The van der Waals surface area contributed by atoms with E-state index >= 15 is 0 Å². The Morgan fingerprint density at radius 2 is 2.00 bits per heavy atom. The number of primary amides is 1. The van der Waals surface area contributed by atoms with Gasteiger partial charge in [-0.25, -0.2) is 0 Å². The first-order valence-corrected chi connectivity index (χ1v) is 4.12. The van der Waals surface area contributed by atoms with E-state index in [4.69, 9.17) is 9.53 Å². The molecule has 0 rings (SSSR count). The summed E-state index contributed by atoms with van der Waals surface area (Å²) >= 11 is 0. The second-order valence-electron chi connectivity index (χ2n) is 2.29. The van der Waals surface area contributed by atoms with E-state index in [9.17, 15) is 0 Å². The Kier molecular flexibility index (Phi) is 19.5. The van der Waals surface area contributed by atoms with E-state index in [-0.39, 0.29) is 6.41 Å². The quantitative estimate of drug-likeness (QED) is 0.446. The normalized spacial score (nSPS) is 8.50. The van der Waals surface area contributed by atoms with Gasteiger partial charge in [0.05, 0.1) is 0 Å². The average molecular weight is 176 g/mol. The number of carbonyl (C=O) groups is 1. The maximum Gasteiger partial charge on any atom is 0.204 e. The lowest BCUT2D eigenvalue weighted by Crippen LogP contribution is -2.07. The molecule has 0 spiro atoms. The molecule has 4 heteroatoms. The molecular formula is C8H20N2O2. The zero-order chi connectivity index (χ0) is 9.66. The van der Waals surface area contributed by atoms with Crippen molar-refractivity contribution >= 4 is 6.41 Å². The van der Waals surface area contributed by atoms with E-state index in [1.165, 1.54) is 19.3 Å². The summed E-state index contributed by atoms with van der Waals surface area (Å²) in [6.07, 6.45) is 3.98. The van der Waals surface area contributed by atoms with Crippen LogP contribution in [0.3, 0.4) is 0 Å². The summed E-state index contributed by atoms with van der Waals surface area (Å²) in [7, 11) is 3.73. The number of unbranched alkanes of at least 4 members (excludes halogenated alkanes) is 2. The van der Waals surface area contributed by atoms with Crippen molar-refractivity contribution in [2.75, 3.05) is 27.3 Å². The molecule has 74 valence electrons. The summed E-state index contributed by atoms with van der Waals surface area (Å²) in [5.74, 6) is 0. The monoisotopic (exact) mass is 176 g/mol. The number of rotatable bonds is 6. The minimum atomic E-state index is 0.250. The zero-order valence-electron chi connectivity index (χ0n) is 8.01. The molecule has 0 saturated heterocycles. The van der Waals surface area contributed by atoms with Crippen LogP contribution in [0.15, 0.2) is 0 Å². The summed E-state index contributed by atoms with van der Waals surface area (Å²) < 4.78 is 4.90. The SMILES string of the molecule is CNCCCCCOC.NC=O. The molecule has 0 aromatic rings. The second kappa shape index (κ2) is 16.8. The van der Waals surface area contributed by atoms with Crippen LogP contribution < -0.4 is 11.1 Å². The van der Waals surface area contributed by atoms with Crippen molar-refractivity contribution < 1.29 is 9.53 Å². The van der Waals surface area contributed by atoms with Gasteiger partial charge < -0.3 is 15.8 Å². The lowest BCUT2D eigenvalue weighted by atomic mass is 10.2. The number of nitrogens with two attached hydrogens (primary N) is 1. The Morgan fingerprint density at radius 1 is 1.42 bits per heavy atom. The van der Waals surface area contributed by atoms with Crippen LogP contribution in [0, 0.1) is 0 Å². The predicted molar refractivity (Wildman–Crippen MR) is 49.9 cm³/mol. The molecule has 0 aliphatic rings. The van der Waals surface area contributed by atoms with Crippen LogP contribution in [0.4, 0.5) is 0 Å². The van der Waals surface area contributed by atoms with E-state index in [1.807, 2.05) is 7.05 Å². The first-order valence-electron chi connectivity index (χ1n) is 4.12. The highest BCUT2D eigenvalue weighted by Gasteiger charge is 1.85. The third-order valence-electron chi connectivity index (χ3n) is 1.28. The number of methoxy groups -OCH3 is 1. The molecule has 0 unspecified atom stereocenters. The van der Waals surface area contributed by atoms with Crippen molar-refractivity contribution in [3.63, 3.8) is 0 Å². The number of carbonyl (C=O) groups excluding carboxylic acids is 1. The third kappa shape index (κ3) is 22.8. The summed E-state index contributed by atoms with van der Waals surface area (Å²) in [6.45, 7) is 2.04. The molecule has 0 aromatic carbocycles. The number of hydrogen-bond donors (Lipinski definition) is 2. The second-order valence-corrected chi connectivity index (χ2v) is 2.29. The molecule has 1 amide bonds. The summed E-state index contributed by atoms with van der Waals surface area (Å²) in [4.78, 5) is 8.58. The fourth-order valence-corrected chi connectivity index (χ4v) is 0.725. The summed E-state index contributed by atoms with van der Waals surface area (Å²) in [6, 6.07) is 0. The van der Waals surface area contributed by atoms with Crippen LogP contribution in [-0.4, -0.2) is 33.7 Å². The van der Waals surface area contributed by atoms with Gasteiger partial charge in [-0.1, -0.05) is 0 Å². The number of amides is 1. The maximum atomic E-state index is 8.58. The van der Waals surface area contributed by atoms with Crippen molar-refractivity contribution in [3.05, 3.63) is 0 Å². The predicted octanol–water partition coefficient (Wildman–Crippen LogP) is 0.124. The van der Waals surface area contributed by atoms with Crippen molar-refractivity contribution in [3.8, 4) is 0 Å². The molecule has 0 saturated carbocycles. The van der Waals surface area contributed by atoms with Crippen LogP contribution in [0.2, 0.25) is 0 Å². The lowest BCUT2D eigenvalue weighted by molar-refractivity contribution is -0.106. The summed E-state index contributed by atoms with van der Waals surface area (Å²) in [5, 5.41) is 3.10. The summed E-state index contributed by atoms with van der Waals surface area (Å²) in [5.41, 5.74) is 4.17. The standard InChI is InChI=1S/C7H17NO.CH3NO/c1-8-6-4-3-5-7-9-2;2-1-3/h8H,3-7H2,1-2H3;1H,(H2,2,3). The van der Waals surface area contributed by atoms with E-state index in [1.54, 1.807) is 7.11 Å². The number of nitrogens with one attached hydrogen (secondary N) is 1. The van der Waals surface area contributed by atoms with Crippen LogP contribution in [0.1, 0.15) is 19.3 Å². The Hall–Kier alpha value is -0.610. The van der Waals surface area contributed by atoms with E-state index in [0.29, 0.717) is 0 Å². The Morgan fingerprint density at radius 3 is 2.42 bits per heavy atom. The molecular weight excluding hydrogens is 156 g/mol. The van der Waals surface area contributed by atoms with Crippen LogP contribution in [0.25, 0.3) is 0 Å². The van der Waals surface area contributed by atoms with Gasteiger partial charge in [-0.05, 0) is 32.9 Å². The van der Waals surface area contributed by atoms with Gasteiger partial charge >= 0.3 is 0 Å². The topological polar surface area (TPSA) is 64.3 Å². The van der Waals surface area contributed by atoms with Crippen LogP contribution in [0.5, 0.6) is 0 Å². The van der Waals surface area contributed by atoms with Crippen LogP contribution >= 0.6 is 0 Å². The Labute approximate surface area is 74.5 Å². The molecule has 0 atom stereocenters. The van der Waals surface area contributed by atoms with E-state index in [2.05, 4.69) is 11.1 Å². The van der Waals surface area contributed by atoms with Gasteiger partial charge in [0, 0.05) is 13.7 Å². The fraction of sp³-hybridized carbons (Fsp3) is 0.875. The third-order valence-corrected chi connectivity index (χ3v) is 1.28. The van der Waals surface area contributed by atoms with E-state index in [0.717, 1.165) is 13.2 Å². The molecule has 0 fully saturated rings. The Balaban J connectivity index is 0. The Bertz CT molecular complexity index is 73.5. The molecule has 0 bridgehead atoms. The van der Waals surface area contributed by atoms with E-state index < -0.39 is 0 Å². The van der Waals surface area contributed by atoms with Crippen LogP contribution in [-0.2, 0) is 9.53 Å². The molecule has 4 nitrogen and oxygen atoms in total. The van der Waals surface area contributed by atoms with Crippen molar-refractivity contribution in [1.29, 1.82) is 0 Å². The van der Waals surface area contributed by atoms with Crippen molar-refractivity contribution in [1.82, 2.24) is 5.32 Å². The van der Waals surface area contributed by atoms with Gasteiger partial charge in [-0.2, -0.15) is 0 Å². The molecule has 0 aliphatic heterocycles. The van der Waals surface area contributed by atoms with Gasteiger partial charge in [0.15, 0.2) is 0 Å². The highest BCUT2D eigenvalue weighted by atomic mass is 16.5.